The number of hydrogen-bond acceptors (Lipinski definition) is 2. The topological polar surface area (TPSA) is 21.3 Å². The van der Waals surface area contributed by atoms with Gasteiger partial charge in [0.15, 0.2) is 0 Å². The van der Waals surface area contributed by atoms with E-state index in [0.29, 0.717) is 12.1 Å². The number of alkyl halides is 1. The van der Waals surface area contributed by atoms with E-state index in [0.717, 1.165) is 11.9 Å². The molecule has 16 heavy (non-hydrogen) atoms. The number of hydrogen-bond donors (Lipinski definition) is 1. The monoisotopic (exact) mass is 289 g/mol. The maximum absolute atomic E-state index is 6.31. The van der Waals surface area contributed by atoms with Crippen LogP contribution in [0.2, 0.25) is 0 Å². The van der Waals surface area contributed by atoms with Crippen molar-refractivity contribution in [2.24, 2.45) is 0 Å². The molecule has 2 fully saturated rings. The zero-order chi connectivity index (χ0) is 11.4. The van der Waals surface area contributed by atoms with E-state index in [1.807, 2.05) is 0 Å². The van der Waals surface area contributed by atoms with E-state index >= 15 is 0 Å². The average Bonchev–Trinajstić information content (AvgIpc) is 2.70. The lowest BCUT2D eigenvalue weighted by Gasteiger charge is -2.33. The van der Waals surface area contributed by atoms with Gasteiger partial charge in [-0.2, -0.15) is 0 Å². The Morgan fingerprint density at radius 3 is 2.75 bits per heavy atom. The number of rotatable bonds is 4. The van der Waals surface area contributed by atoms with Gasteiger partial charge in [0.1, 0.15) is 0 Å². The van der Waals surface area contributed by atoms with Crippen molar-refractivity contribution in [2.45, 2.75) is 69.6 Å². The van der Waals surface area contributed by atoms with E-state index in [4.69, 9.17) is 4.74 Å². The second kappa shape index (κ2) is 5.83. The molecule has 1 heterocycles. The predicted molar refractivity (Wildman–Crippen MR) is 71.2 cm³/mol. The highest BCUT2D eigenvalue weighted by Gasteiger charge is 2.40. The van der Waals surface area contributed by atoms with E-state index in [-0.39, 0.29) is 5.60 Å². The fraction of sp³-hybridized carbons (Fsp3) is 1.00. The minimum atomic E-state index is 0.280. The zero-order valence-electron chi connectivity index (χ0n) is 10.3. The van der Waals surface area contributed by atoms with E-state index < -0.39 is 0 Å². The van der Waals surface area contributed by atoms with Gasteiger partial charge in [-0.3, -0.25) is 0 Å². The molecule has 0 aromatic heterocycles. The Morgan fingerprint density at radius 1 is 1.31 bits per heavy atom. The summed E-state index contributed by atoms with van der Waals surface area (Å²) < 4.78 is 6.31. The summed E-state index contributed by atoms with van der Waals surface area (Å²) in [6.07, 6.45) is 9.77. The first kappa shape index (κ1) is 12.8. The summed E-state index contributed by atoms with van der Waals surface area (Å²) in [7, 11) is 0. The first-order valence-electron chi connectivity index (χ1n) is 6.71. The van der Waals surface area contributed by atoms with Crippen LogP contribution in [-0.4, -0.2) is 29.6 Å². The molecule has 1 aliphatic heterocycles. The van der Waals surface area contributed by atoms with Crippen LogP contribution in [0.15, 0.2) is 0 Å². The third-order valence-corrected chi connectivity index (χ3v) is 5.00. The molecule has 1 saturated carbocycles. The molecule has 2 aliphatic rings. The largest absolute Gasteiger partial charge is 0.370 e. The summed E-state index contributed by atoms with van der Waals surface area (Å²) in [5, 5.41) is 4.54. The van der Waals surface area contributed by atoms with Gasteiger partial charge in [-0.25, -0.2) is 0 Å². The summed E-state index contributed by atoms with van der Waals surface area (Å²) in [4.78, 5) is 0. The highest BCUT2D eigenvalue weighted by Crippen LogP contribution is 2.41. The van der Waals surface area contributed by atoms with Gasteiger partial charge in [-0.1, -0.05) is 35.2 Å². The minimum absolute atomic E-state index is 0.280. The lowest BCUT2D eigenvalue weighted by atomic mass is 9.83. The molecule has 0 aromatic carbocycles. The molecule has 2 atom stereocenters. The highest BCUT2D eigenvalue weighted by atomic mass is 79.9. The molecule has 1 saturated heterocycles. The van der Waals surface area contributed by atoms with Gasteiger partial charge in [0.25, 0.3) is 0 Å². The molecule has 0 bridgehead atoms. The second-order valence-electron chi connectivity index (χ2n) is 5.49. The van der Waals surface area contributed by atoms with Crippen LogP contribution in [0.5, 0.6) is 0 Å². The normalized spacial score (nSPS) is 30.8. The van der Waals surface area contributed by atoms with Gasteiger partial charge in [0.05, 0.1) is 11.7 Å². The van der Waals surface area contributed by atoms with Crippen molar-refractivity contribution in [2.75, 3.05) is 11.9 Å². The van der Waals surface area contributed by atoms with Gasteiger partial charge >= 0.3 is 0 Å². The Labute approximate surface area is 108 Å². The SMILES string of the molecule is CC(CBr)NCC1CCC2(CCCCC2)O1. The van der Waals surface area contributed by atoms with Crippen LogP contribution in [-0.2, 0) is 4.74 Å². The molecular formula is C13H24BrNO. The Kier molecular flexibility index (Phi) is 4.68. The standard InChI is InChI=1S/C13H24BrNO/c1-11(9-14)15-10-12-5-8-13(16-12)6-3-2-4-7-13/h11-12,15H,2-10H2,1H3. The van der Waals surface area contributed by atoms with Crippen molar-refractivity contribution in [3.63, 3.8) is 0 Å². The average molecular weight is 290 g/mol. The maximum Gasteiger partial charge on any atom is 0.0708 e. The van der Waals surface area contributed by atoms with Crippen molar-refractivity contribution < 1.29 is 4.74 Å². The molecule has 1 aliphatic carbocycles. The maximum atomic E-state index is 6.31. The lowest BCUT2D eigenvalue weighted by Crippen LogP contribution is -2.37. The lowest BCUT2D eigenvalue weighted by molar-refractivity contribution is -0.0627. The summed E-state index contributed by atoms with van der Waals surface area (Å²) in [5.41, 5.74) is 0.280. The van der Waals surface area contributed by atoms with Crippen molar-refractivity contribution in [1.82, 2.24) is 5.32 Å². The Hall–Kier alpha value is 0.400. The second-order valence-corrected chi connectivity index (χ2v) is 6.13. The van der Waals surface area contributed by atoms with Crippen LogP contribution in [0.1, 0.15) is 51.9 Å². The molecule has 94 valence electrons. The molecule has 1 spiro atoms. The first-order chi connectivity index (χ1) is 7.74. The molecule has 2 rings (SSSR count). The summed E-state index contributed by atoms with van der Waals surface area (Å²) >= 11 is 3.49. The van der Waals surface area contributed by atoms with Crippen LogP contribution >= 0.6 is 15.9 Å². The molecular weight excluding hydrogens is 266 g/mol. The molecule has 1 N–H and O–H groups in total. The van der Waals surface area contributed by atoms with E-state index in [9.17, 15) is 0 Å². The smallest absolute Gasteiger partial charge is 0.0708 e. The van der Waals surface area contributed by atoms with Crippen LogP contribution < -0.4 is 5.32 Å². The van der Waals surface area contributed by atoms with Crippen LogP contribution in [0.3, 0.4) is 0 Å². The van der Waals surface area contributed by atoms with Crippen LogP contribution in [0, 0.1) is 0 Å². The van der Waals surface area contributed by atoms with Gasteiger partial charge in [-0.05, 0) is 32.6 Å². The van der Waals surface area contributed by atoms with Crippen molar-refractivity contribution in [3.05, 3.63) is 0 Å². The fourth-order valence-corrected chi connectivity index (χ4v) is 3.22. The number of ether oxygens (including phenoxy) is 1. The molecule has 0 amide bonds. The molecule has 0 aromatic rings. The molecule has 0 radical (unpaired) electrons. The summed E-state index contributed by atoms with van der Waals surface area (Å²) in [6.45, 7) is 3.23. The molecule has 2 nitrogen and oxygen atoms in total. The van der Waals surface area contributed by atoms with Crippen LogP contribution in [0.25, 0.3) is 0 Å². The minimum Gasteiger partial charge on any atom is -0.370 e. The van der Waals surface area contributed by atoms with Gasteiger partial charge < -0.3 is 10.1 Å². The third-order valence-electron chi connectivity index (χ3n) is 4.03. The van der Waals surface area contributed by atoms with Gasteiger partial charge in [-0.15, -0.1) is 0 Å². The number of halogens is 1. The zero-order valence-corrected chi connectivity index (χ0v) is 11.9. The first-order valence-corrected chi connectivity index (χ1v) is 7.83. The quantitative estimate of drug-likeness (QED) is 0.803. The summed E-state index contributed by atoms with van der Waals surface area (Å²) in [6, 6.07) is 0.548. The third kappa shape index (κ3) is 3.21. The van der Waals surface area contributed by atoms with E-state index in [2.05, 4.69) is 28.2 Å². The van der Waals surface area contributed by atoms with Gasteiger partial charge in [0.2, 0.25) is 0 Å². The van der Waals surface area contributed by atoms with Gasteiger partial charge in [0, 0.05) is 17.9 Å². The van der Waals surface area contributed by atoms with Crippen molar-refractivity contribution in [1.29, 1.82) is 0 Å². The Bertz CT molecular complexity index is 216. The predicted octanol–water partition coefficient (Wildman–Crippen LogP) is 3.24. The van der Waals surface area contributed by atoms with Crippen molar-refractivity contribution in [3.8, 4) is 0 Å². The van der Waals surface area contributed by atoms with E-state index in [1.54, 1.807) is 0 Å². The number of nitrogens with one attached hydrogen (secondary N) is 1. The fourth-order valence-electron chi connectivity index (χ4n) is 2.99. The summed E-state index contributed by atoms with van der Waals surface area (Å²) in [5.74, 6) is 0. The Balaban J connectivity index is 1.74. The molecule has 3 heteroatoms. The van der Waals surface area contributed by atoms with Crippen LogP contribution in [0.4, 0.5) is 0 Å². The van der Waals surface area contributed by atoms with Crippen molar-refractivity contribution >= 4 is 15.9 Å². The Morgan fingerprint density at radius 2 is 2.06 bits per heavy atom. The molecule has 2 unspecified atom stereocenters. The highest BCUT2D eigenvalue weighted by molar-refractivity contribution is 9.09. The van der Waals surface area contributed by atoms with E-state index in [1.165, 1.54) is 44.9 Å².